The molecule has 1 aromatic rings. The Balaban J connectivity index is 1.51. The second-order valence-electron chi connectivity index (χ2n) is 6.22. The number of amides is 1. The average Bonchev–Trinajstić information content (AvgIpc) is 2.58. The Hall–Kier alpha value is -1.14. The van der Waals surface area contributed by atoms with E-state index in [2.05, 4.69) is 4.90 Å². The molecule has 2 fully saturated rings. The molecule has 3 rings (SSSR count). The molecule has 3 nitrogen and oxygen atoms in total. The number of nitrogens with zero attached hydrogens (tertiary/aromatic N) is 2. The number of thioether (sulfide) groups is 1. The number of carbonyl (C=O) groups excluding carboxylic acids is 1. The summed E-state index contributed by atoms with van der Waals surface area (Å²) in [6, 6.07) is 3.73. The summed E-state index contributed by atoms with van der Waals surface area (Å²) < 4.78 is 26.7. The van der Waals surface area contributed by atoms with Crippen molar-refractivity contribution >= 4 is 17.7 Å². The SMILES string of the molecule is O=C(C1CCN(Cc2ccc(F)cc2F)CC1)N1CCSCC1. The molecule has 0 radical (unpaired) electrons. The van der Waals surface area contributed by atoms with Crippen LogP contribution in [0.2, 0.25) is 0 Å². The monoisotopic (exact) mass is 340 g/mol. The third-order valence-electron chi connectivity index (χ3n) is 4.67. The van der Waals surface area contributed by atoms with Crippen LogP contribution in [0.3, 0.4) is 0 Å². The zero-order chi connectivity index (χ0) is 16.2. The van der Waals surface area contributed by atoms with Gasteiger partial charge in [0.1, 0.15) is 11.6 Å². The summed E-state index contributed by atoms with van der Waals surface area (Å²) in [6.45, 7) is 3.79. The quantitative estimate of drug-likeness (QED) is 0.845. The highest BCUT2D eigenvalue weighted by molar-refractivity contribution is 7.99. The lowest BCUT2D eigenvalue weighted by Crippen LogP contribution is -2.45. The molecule has 2 aliphatic heterocycles. The van der Waals surface area contributed by atoms with Gasteiger partial charge in [0.05, 0.1) is 0 Å². The van der Waals surface area contributed by atoms with Crippen LogP contribution >= 0.6 is 11.8 Å². The van der Waals surface area contributed by atoms with E-state index in [1.165, 1.54) is 12.1 Å². The summed E-state index contributed by atoms with van der Waals surface area (Å²) in [7, 11) is 0. The fraction of sp³-hybridized carbons (Fsp3) is 0.588. The predicted molar refractivity (Wildman–Crippen MR) is 88.3 cm³/mol. The van der Waals surface area contributed by atoms with Crippen molar-refractivity contribution < 1.29 is 13.6 Å². The second-order valence-corrected chi connectivity index (χ2v) is 7.45. The van der Waals surface area contributed by atoms with Crippen LogP contribution in [0, 0.1) is 17.6 Å². The second kappa shape index (κ2) is 7.62. The summed E-state index contributed by atoms with van der Waals surface area (Å²) in [4.78, 5) is 16.6. The van der Waals surface area contributed by atoms with Crippen LogP contribution in [0.1, 0.15) is 18.4 Å². The first-order valence-corrected chi connectivity index (χ1v) is 9.32. The number of hydrogen-bond donors (Lipinski definition) is 0. The van der Waals surface area contributed by atoms with Gasteiger partial charge in [0.2, 0.25) is 5.91 Å². The summed E-state index contributed by atoms with van der Waals surface area (Å²) in [5, 5.41) is 0. The van der Waals surface area contributed by atoms with E-state index < -0.39 is 11.6 Å². The first-order valence-electron chi connectivity index (χ1n) is 8.16. The molecular weight excluding hydrogens is 318 g/mol. The molecule has 0 aliphatic carbocycles. The van der Waals surface area contributed by atoms with E-state index in [1.807, 2.05) is 16.7 Å². The van der Waals surface area contributed by atoms with Crippen molar-refractivity contribution in [2.24, 2.45) is 5.92 Å². The fourth-order valence-electron chi connectivity index (χ4n) is 3.27. The van der Waals surface area contributed by atoms with Crippen LogP contribution in [0.5, 0.6) is 0 Å². The number of piperidine rings is 1. The lowest BCUT2D eigenvalue weighted by Gasteiger charge is -2.35. The zero-order valence-electron chi connectivity index (χ0n) is 13.1. The summed E-state index contributed by atoms with van der Waals surface area (Å²) in [6.07, 6.45) is 1.65. The van der Waals surface area contributed by atoms with E-state index in [0.717, 1.165) is 56.6 Å². The van der Waals surface area contributed by atoms with E-state index in [-0.39, 0.29) is 11.8 Å². The molecule has 2 saturated heterocycles. The van der Waals surface area contributed by atoms with Crippen molar-refractivity contribution in [3.05, 3.63) is 35.4 Å². The van der Waals surface area contributed by atoms with Crippen LogP contribution in [-0.4, -0.2) is 53.4 Å². The first-order chi connectivity index (χ1) is 11.1. The Morgan fingerprint density at radius 3 is 2.48 bits per heavy atom. The summed E-state index contributed by atoms with van der Waals surface area (Å²) in [5.74, 6) is 1.43. The van der Waals surface area contributed by atoms with Crippen LogP contribution < -0.4 is 0 Å². The molecule has 2 heterocycles. The maximum atomic E-state index is 13.7. The molecule has 23 heavy (non-hydrogen) atoms. The van der Waals surface area contributed by atoms with Gasteiger partial charge in [-0.3, -0.25) is 9.69 Å². The van der Waals surface area contributed by atoms with Crippen LogP contribution in [-0.2, 0) is 11.3 Å². The number of halogens is 2. The Labute approximate surface area is 140 Å². The lowest BCUT2D eigenvalue weighted by molar-refractivity contribution is -0.136. The summed E-state index contributed by atoms with van der Waals surface area (Å²) in [5.41, 5.74) is 0.518. The smallest absolute Gasteiger partial charge is 0.225 e. The maximum Gasteiger partial charge on any atom is 0.225 e. The van der Waals surface area contributed by atoms with Crippen molar-refractivity contribution in [1.82, 2.24) is 9.80 Å². The number of hydrogen-bond acceptors (Lipinski definition) is 3. The average molecular weight is 340 g/mol. The molecule has 1 amide bonds. The molecule has 0 saturated carbocycles. The van der Waals surface area contributed by atoms with Crippen molar-refractivity contribution in [2.45, 2.75) is 19.4 Å². The van der Waals surface area contributed by atoms with Gasteiger partial charge in [-0.25, -0.2) is 8.78 Å². The highest BCUT2D eigenvalue weighted by atomic mass is 32.2. The minimum absolute atomic E-state index is 0.104. The predicted octanol–water partition coefficient (Wildman–Crippen LogP) is 2.75. The van der Waals surface area contributed by atoms with Gasteiger partial charge in [0, 0.05) is 48.7 Å². The fourth-order valence-corrected chi connectivity index (χ4v) is 4.17. The number of likely N-dealkylation sites (tertiary alicyclic amines) is 1. The van der Waals surface area contributed by atoms with Crippen LogP contribution in [0.25, 0.3) is 0 Å². The Kier molecular flexibility index (Phi) is 5.54. The molecule has 6 heteroatoms. The summed E-state index contributed by atoms with van der Waals surface area (Å²) >= 11 is 1.90. The van der Waals surface area contributed by atoms with Crippen molar-refractivity contribution in [3.8, 4) is 0 Å². The highest BCUT2D eigenvalue weighted by Gasteiger charge is 2.29. The minimum Gasteiger partial charge on any atom is -0.341 e. The van der Waals surface area contributed by atoms with Gasteiger partial charge < -0.3 is 4.90 Å². The van der Waals surface area contributed by atoms with Crippen LogP contribution in [0.4, 0.5) is 8.78 Å². The van der Waals surface area contributed by atoms with Crippen molar-refractivity contribution in [1.29, 1.82) is 0 Å². The van der Waals surface area contributed by atoms with E-state index in [0.29, 0.717) is 12.1 Å². The maximum absolute atomic E-state index is 13.7. The van der Waals surface area contributed by atoms with E-state index in [4.69, 9.17) is 0 Å². The largest absolute Gasteiger partial charge is 0.341 e. The van der Waals surface area contributed by atoms with Gasteiger partial charge in [0.15, 0.2) is 0 Å². The molecular formula is C17H22F2N2OS. The van der Waals surface area contributed by atoms with Crippen molar-refractivity contribution in [2.75, 3.05) is 37.7 Å². The van der Waals surface area contributed by atoms with Crippen LogP contribution in [0.15, 0.2) is 18.2 Å². The molecule has 0 N–H and O–H groups in total. The lowest BCUT2D eigenvalue weighted by atomic mass is 9.95. The standard InChI is InChI=1S/C17H22F2N2OS/c18-15-2-1-14(16(19)11-15)12-20-5-3-13(4-6-20)17(22)21-7-9-23-10-8-21/h1-2,11,13H,3-10,12H2. The van der Waals surface area contributed by atoms with E-state index in [9.17, 15) is 13.6 Å². The third-order valence-corrected chi connectivity index (χ3v) is 5.61. The number of carbonyl (C=O) groups is 1. The van der Waals surface area contributed by atoms with Gasteiger partial charge in [-0.2, -0.15) is 11.8 Å². The molecule has 0 bridgehead atoms. The highest BCUT2D eigenvalue weighted by Crippen LogP contribution is 2.23. The van der Waals surface area contributed by atoms with Gasteiger partial charge in [0.25, 0.3) is 0 Å². The zero-order valence-corrected chi connectivity index (χ0v) is 14.0. The van der Waals surface area contributed by atoms with Gasteiger partial charge in [-0.1, -0.05) is 6.07 Å². The first kappa shape index (κ1) is 16.7. The Morgan fingerprint density at radius 1 is 1.13 bits per heavy atom. The molecule has 1 aromatic carbocycles. The third kappa shape index (κ3) is 4.23. The van der Waals surface area contributed by atoms with Gasteiger partial charge in [-0.05, 0) is 32.0 Å². The normalized spacial score (nSPS) is 20.7. The molecule has 126 valence electrons. The topological polar surface area (TPSA) is 23.6 Å². The van der Waals surface area contributed by atoms with E-state index >= 15 is 0 Å². The number of benzene rings is 1. The number of rotatable bonds is 3. The van der Waals surface area contributed by atoms with Gasteiger partial charge in [-0.15, -0.1) is 0 Å². The minimum atomic E-state index is -0.546. The molecule has 0 spiro atoms. The molecule has 0 atom stereocenters. The molecule has 2 aliphatic rings. The van der Waals surface area contributed by atoms with E-state index in [1.54, 1.807) is 0 Å². The van der Waals surface area contributed by atoms with Crippen molar-refractivity contribution in [3.63, 3.8) is 0 Å². The van der Waals surface area contributed by atoms with Gasteiger partial charge >= 0.3 is 0 Å². The Bertz CT molecular complexity index is 556. The Morgan fingerprint density at radius 2 is 1.83 bits per heavy atom. The molecule has 0 unspecified atom stereocenters. The molecule has 0 aromatic heterocycles.